The van der Waals surface area contributed by atoms with Crippen LogP contribution in [0.25, 0.3) is 0 Å². The molecule has 0 radical (unpaired) electrons. The van der Waals surface area contributed by atoms with Crippen molar-refractivity contribution in [3.8, 4) is 5.75 Å². The van der Waals surface area contributed by atoms with Gasteiger partial charge in [-0.1, -0.05) is 32.0 Å². The van der Waals surface area contributed by atoms with Gasteiger partial charge in [0, 0.05) is 11.4 Å². The van der Waals surface area contributed by atoms with E-state index >= 15 is 0 Å². The SMILES string of the molecule is CC(C)COc1ccccc1C(=O)NC(=S)Nc1cccc(NC(=O)c2ccco2)c1. The summed E-state index contributed by atoms with van der Waals surface area (Å²) in [6.07, 6.45) is 1.43. The van der Waals surface area contributed by atoms with Crippen LogP contribution >= 0.6 is 12.2 Å². The second-order valence-electron chi connectivity index (χ2n) is 7.12. The molecule has 160 valence electrons. The zero-order valence-electron chi connectivity index (χ0n) is 17.2. The topological polar surface area (TPSA) is 92.6 Å². The van der Waals surface area contributed by atoms with Crippen molar-refractivity contribution in [1.29, 1.82) is 0 Å². The molecule has 0 saturated carbocycles. The molecule has 3 N–H and O–H groups in total. The van der Waals surface area contributed by atoms with Gasteiger partial charge in [0.1, 0.15) is 5.75 Å². The molecule has 31 heavy (non-hydrogen) atoms. The summed E-state index contributed by atoms with van der Waals surface area (Å²) in [4.78, 5) is 24.8. The van der Waals surface area contributed by atoms with E-state index in [-0.39, 0.29) is 22.7 Å². The van der Waals surface area contributed by atoms with Gasteiger partial charge in [-0.3, -0.25) is 14.9 Å². The van der Waals surface area contributed by atoms with Gasteiger partial charge in [0.15, 0.2) is 10.9 Å². The van der Waals surface area contributed by atoms with Crippen LogP contribution in [-0.4, -0.2) is 23.5 Å². The molecule has 0 spiro atoms. The summed E-state index contributed by atoms with van der Waals surface area (Å²) in [5.41, 5.74) is 1.55. The number of ether oxygens (including phenoxy) is 1. The fourth-order valence-electron chi connectivity index (χ4n) is 2.64. The lowest BCUT2D eigenvalue weighted by molar-refractivity contribution is 0.0970. The molecule has 2 aromatic carbocycles. The Morgan fingerprint density at radius 2 is 1.71 bits per heavy atom. The first-order valence-corrected chi connectivity index (χ1v) is 10.1. The highest BCUT2D eigenvalue weighted by molar-refractivity contribution is 7.80. The molecule has 8 heteroatoms. The van der Waals surface area contributed by atoms with Gasteiger partial charge >= 0.3 is 0 Å². The average Bonchev–Trinajstić information content (AvgIpc) is 3.27. The highest BCUT2D eigenvalue weighted by atomic mass is 32.1. The molecule has 1 heterocycles. The molecule has 0 bridgehead atoms. The molecule has 0 unspecified atom stereocenters. The predicted molar refractivity (Wildman–Crippen MR) is 124 cm³/mol. The highest BCUT2D eigenvalue weighted by Crippen LogP contribution is 2.19. The van der Waals surface area contributed by atoms with Crippen molar-refractivity contribution in [2.45, 2.75) is 13.8 Å². The monoisotopic (exact) mass is 437 g/mol. The second-order valence-corrected chi connectivity index (χ2v) is 7.53. The number of thiocarbonyl (C=S) groups is 1. The number of benzene rings is 2. The van der Waals surface area contributed by atoms with Crippen LogP contribution in [0.3, 0.4) is 0 Å². The van der Waals surface area contributed by atoms with E-state index in [4.69, 9.17) is 21.4 Å². The number of hydrogen-bond acceptors (Lipinski definition) is 5. The van der Waals surface area contributed by atoms with Crippen LogP contribution in [0.5, 0.6) is 5.75 Å². The minimum Gasteiger partial charge on any atom is -0.492 e. The molecule has 0 aliphatic carbocycles. The molecule has 2 amide bonds. The molecule has 3 aromatic rings. The number of carbonyl (C=O) groups excluding carboxylic acids is 2. The van der Waals surface area contributed by atoms with E-state index in [2.05, 4.69) is 16.0 Å². The quantitative estimate of drug-likeness (QED) is 0.464. The van der Waals surface area contributed by atoms with Gasteiger partial charge in [0.25, 0.3) is 11.8 Å². The van der Waals surface area contributed by atoms with Crippen LogP contribution < -0.4 is 20.7 Å². The van der Waals surface area contributed by atoms with Gasteiger partial charge < -0.3 is 19.8 Å². The van der Waals surface area contributed by atoms with E-state index in [1.807, 2.05) is 19.9 Å². The first-order chi connectivity index (χ1) is 14.9. The molecular formula is C23H23N3O4S. The standard InChI is InChI=1S/C23H23N3O4S/c1-15(2)14-30-19-10-4-3-9-18(19)21(27)26-23(31)25-17-8-5-7-16(13-17)24-22(28)20-11-6-12-29-20/h3-13,15H,14H2,1-2H3,(H,24,28)(H2,25,26,27,31). The van der Waals surface area contributed by atoms with Gasteiger partial charge in [-0.05, 0) is 60.6 Å². The van der Waals surface area contributed by atoms with Gasteiger partial charge in [0.05, 0.1) is 18.4 Å². The molecule has 0 saturated heterocycles. The van der Waals surface area contributed by atoms with Gasteiger partial charge in [0.2, 0.25) is 0 Å². The van der Waals surface area contributed by atoms with E-state index in [0.717, 1.165) is 0 Å². The number of rotatable bonds is 7. The molecule has 7 nitrogen and oxygen atoms in total. The Balaban J connectivity index is 1.61. The Labute approximate surface area is 185 Å². The third kappa shape index (κ3) is 6.42. The number of hydrogen-bond donors (Lipinski definition) is 3. The van der Waals surface area contributed by atoms with Crippen molar-refractivity contribution >= 4 is 40.5 Å². The molecule has 0 aliphatic rings. The first-order valence-electron chi connectivity index (χ1n) is 9.71. The number of anilines is 2. The largest absolute Gasteiger partial charge is 0.492 e. The molecule has 0 aliphatic heterocycles. The van der Waals surface area contributed by atoms with Crippen molar-refractivity contribution in [3.63, 3.8) is 0 Å². The highest BCUT2D eigenvalue weighted by Gasteiger charge is 2.14. The molecule has 3 rings (SSSR count). The number of para-hydroxylation sites is 1. The van der Waals surface area contributed by atoms with Crippen molar-refractivity contribution < 1.29 is 18.7 Å². The third-order valence-electron chi connectivity index (χ3n) is 4.05. The van der Waals surface area contributed by atoms with E-state index < -0.39 is 0 Å². The fourth-order valence-corrected chi connectivity index (χ4v) is 2.86. The third-order valence-corrected chi connectivity index (χ3v) is 4.26. The average molecular weight is 438 g/mol. The fraction of sp³-hybridized carbons (Fsp3) is 0.174. The lowest BCUT2D eigenvalue weighted by atomic mass is 10.2. The number of carbonyl (C=O) groups is 2. The zero-order chi connectivity index (χ0) is 22.2. The Morgan fingerprint density at radius 1 is 0.968 bits per heavy atom. The minimum atomic E-state index is -0.376. The Morgan fingerprint density at radius 3 is 2.42 bits per heavy atom. The molecular weight excluding hydrogens is 414 g/mol. The number of nitrogens with one attached hydrogen (secondary N) is 3. The van der Waals surface area contributed by atoms with Gasteiger partial charge in [-0.2, -0.15) is 0 Å². The van der Waals surface area contributed by atoms with Crippen LogP contribution in [0.2, 0.25) is 0 Å². The maximum Gasteiger partial charge on any atom is 0.291 e. The van der Waals surface area contributed by atoms with Crippen LogP contribution in [0.1, 0.15) is 34.8 Å². The van der Waals surface area contributed by atoms with Crippen molar-refractivity contribution in [2.75, 3.05) is 17.2 Å². The summed E-state index contributed by atoms with van der Waals surface area (Å²) < 4.78 is 10.8. The Bertz CT molecular complexity index is 1060. The van der Waals surface area contributed by atoms with Crippen LogP contribution in [0, 0.1) is 5.92 Å². The van der Waals surface area contributed by atoms with E-state index in [1.54, 1.807) is 54.6 Å². The van der Waals surface area contributed by atoms with E-state index in [9.17, 15) is 9.59 Å². The number of amides is 2. The lowest BCUT2D eigenvalue weighted by Gasteiger charge is -2.14. The molecule has 0 fully saturated rings. The van der Waals surface area contributed by atoms with Crippen LogP contribution in [0.15, 0.2) is 71.3 Å². The van der Waals surface area contributed by atoms with Crippen LogP contribution in [0.4, 0.5) is 11.4 Å². The van der Waals surface area contributed by atoms with Crippen molar-refractivity contribution in [2.24, 2.45) is 5.92 Å². The normalized spacial score (nSPS) is 10.4. The van der Waals surface area contributed by atoms with Crippen molar-refractivity contribution in [1.82, 2.24) is 5.32 Å². The number of furan rings is 1. The smallest absolute Gasteiger partial charge is 0.291 e. The maximum absolute atomic E-state index is 12.7. The first kappa shape index (κ1) is 22.0. The van der Waals surface area contributed by atoms with Gasteiger partial charge in [-0.25, -0.2) is 0 Å². The van der Waals surface area contributed by atoms with Crippen LogP contribution in [-0.2, 0) is 0 Å². The Kier molecular flexibility index (Phi) is 7.40. The second kappa shape index (κ2) is 10.4. The summed E-state index contributed by atoms with van der Waals surface area (Å²) in [7, 11) is 0. The van der Waals surface area contributed by atoms with Crippen molar-refractivity contribution in [3.05, 3.63) is 78.3 Å². The lowest BCUT2D eigenvalue weighted by Crippen LogP contribution is -2.34. The summed E-state index contributed by atoms with van der Waals surface area (Å²) >= 11 is 5.27. The molecule has 1 aromatic heterocycles. The van der Waals surface area contributed by atoms with Gasteiger partial charge in [-0.15, -0.1) is 0 Å². The summed E-state index contributed by atoms with van der Waals surface area (Å²) in [5.74, 6) is 0.299. The van der Waals surface area contributed by atoms with E-state index in [0.29, 0.717) is 35.2 Å². The summed E-state index contributed by atoms with van der Waals surface area (Å²) in [5, 5.41) is 8.46. The molecule has 0 atom stereocenters. The summed E-state index contributed by atoms with van der Waals surface area (Å²) in [6, 6.07) is 17.2. The zero-order valence-corrected chi connectivity index (χ0v) is 18.0. The van der Waals surface area contributed by atoms with E-state index in [1.165, 1.54) is 6.26 Å². The maximum atomic E-state index is 12.7. The Hall–Kier alpha value is -3.65. The minimum absolute atomic E-state index is 0.123. The summed E-state index contributed by atoms with van der Waals surface area (Å²) in [6.45, 7) is 4.57. The predicted octanol–water partition coefficient (Wildman–Crippen LogP) is 4.69.